The van der Waals surface area contributed by atoms with Crippen molar-refractivity contribution in [3.63, 3.8) is 0 Å². The number of unbranched alkanes of at least 4 members (excludes halogenated alkanes) is 1. The molecule has 0 aliphatic rings. The van der Waals surface area contributed by atoms with Gasteiger partial charge in [0.2, 0.25) is 20.0 Å². The normalized spacial score (nSPS) is 11.4. The van der Waals surface area contributed by atoms with Crippen molar-refractivity contribution in [2.75, 3.05) is 45.8 Å². The van der Waals surface area contributed by atoms with Gasteiger partial charge < -0.3 is 20.1 Å². The molecule has 0 atom stereocenters. The summed E-state index contributed by atoms with van der Waals surface area (Å²) in [7, 11) is -7.08. The maximum absolute atomic E-state index is 12.1. The van der Waals surface area contributed by atoms with Crippen molar-refractivity contribution in [1.82, 2.24) is 9.97 Å². The Morgan fingerprint density at radius 2 is 0.783 bits per heavy atom. The van der Waals surface area contributed by atoms with Crippen LogP contribution in [0.5, 0.6) is 11.5 Å². The van der Waals surface area contributed by atoms with Crippen LogP contribution in [0.1, 0.15) is 12.8 Å². The lowest BCUT2D eigenvalue weighted by atomic mass is 10.1. The Hall–Kier alpha value is -6.06. The van der Waals surface area contributed by atoms with Crippen molar-refractivity contribution in [2.45, 2.75) is 12.8 Å². The van der Waals surface area contributed by atoms with Gasteiger partial charge in [0.25, 0.3) is 0 Å². The van der Waals surface area contributed by atoms with Crippen LogP contribution < -0.4 is 29.6 Å². The monoisotopic (exact) mass is 884 g/mol. The number of nitrogens with zero attached hydrogens (tertiary/aromatic N) is 2. The SMILES string of the molecule is CS(=O)(=O)Nc1ccc(Nc2c3ccccc3nc3ccccc23)c(OCCCCOc2cc(NS(C)(=O)=O)ccc2Nc2c3ccccc3nc3ccccc23)c1.Cl.Cl. The van der Waals surface area contributed by atoms with Gasteiger partial charge in [0.1, 0.15) is 11.5 Å². The van der Waals surface area contributed by atoms with E-state index in [2.05, 4.69) is 20.1 Å². The highest BCUT2D eigenvalue weighted by Gasteiger charge is 2.16. The molecule has 2 aromatic heterocycles. The number of benzene rings is 6. The Balaban J connectivity index is 0.00000302. The third kappa shape index (κ3) is 10.2. The van der Waals surface area contributed by atoms with E-state index in [9.17, 15) is 16.8 Å². The Bertz CT molecular complexity index is 2750. The predicted octanol–water partition coefficient (Wildman–Crippen LogP) is 10.4. The van der Waals surface area contributed by atoms with Crippen molar-refractivity contribution in [2.24, 2.45) is 0 Å². The van der Waals surface area contributed by atoms with Gasteiger partial charge in [-0.3, -0.25) is 9.44 Å². The molecule has 0 saturated carbocycles. The summed E-state index contributed by atoms with van der Waals surface area (Å²) in [5.41, 5.74) is 7.08. The largest absolute Gasteiger partial charge is 0.491 e. The van der Waals surface area contributed by atoms with Crippen LogP contribution >= 0.6 is 24.8 Å². The Morgan fingerprint density at radius 3 is 1.10 bits per heavy atom. The van der Waals surface area contributed by atoms with Crippen LogP contribution in [0.25, 0.3) is 43.6 Å². The topological polar surface area (TPSA) is 161 Å². The number of halogens is 2. The third-order valence-corrected chi connectivity index (χ3v) is 10.5. The van der Waals surface area contributed by atoms with Gasteiger partial charge in [-0.25, -0.2) is 26.8 Å². The molecule has 2 heterocycles. The average Bonchev–Trinajstić information content (AvgIpc) is 3.19. The fraction of sp³-hybridized carbons (Fsp3) is 0.136. The minimum Gasteiger partial charge on any atom is -0.491 e. The highest BCUT2D eigenvalue weighted by atomic mass is 35.5. The first kappa shape index (κ1) is 43.5. The lowest BCUT2D eigenvalue weighted by Gasteiger charge is -2.18. The molecule has 0 aliphatic heterocycles. The minimum atomic E-state index is -3.54. The minimum absolute atomic E-state index is 0. The summed E-state index contributed by atoms with van der Waals surface area (Å²) >= 11 is 0. The van der Waals surface area contributed by atoms with Crippen LogP contribution in [0, 0.1) is 0 Å². The molecule has 0 aliphatic carbocycles. The van der Waals surface area contributed by atoms with Gasteiger partial charge in [-0.1, -0.05) is 72.8 Å². The van der Waals surface area contributed by atoms with Crippen molar-refractivity contribution in [1.29, 1.82) is 0 Å². The lowest BCUT2D eigenvalue weighted by molar-refractivity contribution is 0.268. The molecular formula is C44H42Cl2N6O6S2. The molecule has 8 aromatic rings. The molecule has 16 heteroatoms. The van der Waals surface area contributed by atoms with Crippen LogP contribution in [0.3, 0.4) is 0 Å². The highest BCUT2D eigenvalue weighted by Crippen LogP contribution is 2.39. The van der Waals surface area contributed by atoms with E-state index in [0.29, 0.717) is 60.3 Å². The van der Waals surface area contributed by atoms with Crippen LogP contribution in [-0.2, 0) is 20.0 Å². The van der Waals surface area contributed by atoms with Crippen molar-refractivity contribution >= 4 is 123 Å². The second-order valence-corrected chi connectivity index (χ2v) is 17.4. The second-order valence-electron chi connectivity index (χ2n) is 13.9. The summed E-state index contributed by atoms with van der Waals surface area (Å²) in [4.78, 5) is 9.66. The number of aromatic nitrogens is 2. The maximum Gasteiger partial charge on any atom is 0.229 e. The van der Waals surface area contributed by atoms with E-state index in [1.54, 1.807) is 36.4 Å². The molecule has 0 radical (unpaired) electrons. The molecule has 0 spiro atoms. The average molecular weight is 886 g/mol. The van der Waals surface area contributed by atoms with Gasteiger partial charge >= 0.3 is 0 Å². The second kappa shape index (κ2) is 18.5. The first-order valence-corrected chi connectivity index (χ1v) is 22.3. The summed E-state index contributed by atoms with van der Waals surface area (Å²) < 4.78 is 66.3. The molecule has 0 amide bonds. The molecule has 310 valence electrons. The van der Waals surface area contributed by atoms with E-state index in [1.165, 1.54) is 0 Å². The number of pyridine rings is 2. The Morgan fingerprint density at radius 1 is 0.467 bits per heavy atom. The maximum atomic E-state index is 12.1. The number of nitrogens with one attached hydrogen (secondary N) is 4. The van der Waals surface area contributed by atoms with Gasteiger partial charge in [-0.2, -0.15) is 0 Å². The van der Waals surface area contributed by atoms with Gasteiger partial charge in [0.05, 0.1) is 81.9 Å². The molecule has 60 heavy (non-hydrogen) atoms. The number of ether oxygens (including phenoxy) is 2. The number of rotatable bonds is 15. The van der Waals surface area contributed by atoms with Gasteiger partial charge in [0.15, 0.2) is 0 Å². The molecule has 0 unspecified atom stereocenters. The summed E-state index contributed by atoms with van der Waals surface area (Å²) in [6.07, 6.45) is 3.39. The van der Waals surface area contributed by atoms with Crippen molar-refractivity contribution in [3.8, 4) is 11.5 Å². The molecule has 12 nitrogen and oxygen atoms in total. The van der Waals surface area contributed by atoms with E-state index in [1.807, 2.05) is 97.1 Å². The fourth-order valence-electron chi connectivity index (χ4n) is 6.83. The Labute approximate surface area is 360 Å². The van der Waals surface area contributed by atoms with E-state index >= 15 is 0 Å². The fourth-order valence-corrected chi connectivity index (χ4v) is 7.94. The quantitative estimate of drug-likeness (QED) is 0.0576. The smallest absolute Gasteiger partial charge is 0.229 e. The first-order chi connectivity index (χ1) is 28.0. The first-order valence-electron chi connectivity index (χ1n) is 18.6. The van der Waals surface area contributed by atoms with E-state index in [0.717, 1.165) is 67.5 Å². The van der Waals surface area contributed by atoms with Crippen molar-refractivity contribution < 1.29 is 26.3 Å². The highest BCUT2D eigenvalue weighted by molar-refractivity contribution is 7.92. The number of anilines is 6. The summed E-state index contributed by atoms with van der Waals surface area (Å²) in [5, 5.41) is 10.8. The molecule has 6 aromatic carbocycles. The number of fused-ring (bicyclic) bond motifs is 4. The molecule has 4 N–H and O–H groups in total. The number of para-hydroxylation sites is 4. The molecule has 0 bridgehead atoms. The zero-order valence-electron chi connectivity index (χ0n) is 32.5. The van der Waals surface area contributed by atoms with E-state index in [4.69, 9.17) is 19.4 Å². The van der Waals surface area contributed by atoms with Gasteiger partial charge in [0, 0.05) is 33.7 Å². The summed E-state index contributed by atoms with van der Waals surface area (Å²) in [6, 6.07) is 41.8. The number of hydrogen-bond acceptors (Lipinski definition) is 10. The lowest BCUT2D eigenvalue weighted by Crippen LogP contribution is -2.11. The zero-order chi connectivity index (χ0) is 40.3. The number of sulfonamides is 2. The third-order valence-electron chi connectivity index (χ3n) is 9.32. The zero-order valence-corrected chi connectivity index (χ0v) is 35.8. The van der Waals surface area contributed by atoms with Crippen LogP contribution in [0.2, 0.25) is 0 Å². The van der Waals surface area contributed by atoms with Gasteiger partial charge in [-0.05, 0) is 61.4 Å². The van der Waals surface area contributed by atoms with E-state index < -0.39 is 20.0 Å². The standard InChI is InChI=1S/C44H40N6O6S2.2ClH/c1-57(51,52)49-29-21-23-39(47-43-31-13-3-7-17-35(31)45-36-18-8-4-14-32(36)43)41(27-29)55-25-11-12-26-56-42-28-30(50-58(2,53)54)22-24-40(42)48-44-33-15-5-9-19-37(33)46-38-20-10-6-16-34(38)44;;/h3-10,13-24,27-28,49-50H,11-12,25-26H2,1-2H3,(H,45,47)(H,46,48);2*1H. The van der Waals surface area contributed by atoms with Crippen LogP contribution in [0.15, 0.2) is 133 Å². The van der Waals surface area contributed by atoms with Gasteiger partial charge in [-0.15, -0.1) is 24.8 Å². The molecule has 0 saturated heterocycles. The predicted molar refractivity (Wildman–Crippen MR) is 250 cm³/mol. The summed E-state index contributed by atoms with van der Waals surface area (Å²) in [6.45, 7) is 0.599. The van der Waals surface area contributed by atoms with E-state index in [-0.39, 0.29) is 24.8 Å². The van der Waals surface area contributed by atoms with Crippen LogP contribution in [-0.4, -0.2) is 52.5 Å². The number of hydrogen-bond donors (Lipinski definition) is 4. The Kier molecular flexibility index (Phi) is 13.4. The molecule has 8 rings (SSSR count). The summed E-state index contributed by atoms with van der Waals surface area (Å²) in [5.74, 6) is 0.921. The van der Waals surface area contributed by atoms with Crippen molar-refractivity contribution in [3.05, 3.63) is 133 Å². The molecular weight excluding hydrogens is 844 g/mol. The van der Waals surface area contributed by atoms with Crippen LogP contribution in [0.4, 0.5) is 34.1 Å². The molecule has 0 fully saturated rings.